The van der Waals surface area contributed by atoms with Crippen LogP contribution in [-0.4, -0.2) is 49.0 Å². The molecule has 116 valence electrons. The Hall–Kier alpha value is -1.86. The lowest BCUT2D eigenvalue weighted by atomic mass is 10.3. The van der Waals surface area contributed by atoms with Gasteiger partial charge in [-0.15, -0.1) is 0 Å². The van der Waals surface area contributed by atoms with E-state index in [0.717, 1.165) is 32.0 Å². The summed E-state index contributed by atoms with van der Waals surface area (Å²) in [4.78, 5) is 21.0. The molecule has 1 saturated heterocycles. The van der Waals surface area contributed by atoms with Crippen molar-refractivity contribution in [1.82, 2.24) is 9.88 Å². The van der Waals surface area contributed by atoms with Crippen molar-refractivity contribution in [2.75, 3.05) is 43.4 Å². The molecule has 0 aliphatic carbocycles. The molecule has 1 aliphatic heterocycles. The third kappa shape index (κ3) is 3.48. The van der Waals surface area contributed by atoms with Crippen molar-refractivity contribution in [3.63, 3.8) is 0 Å². The van der Waals surface area contributed by atoms with Crippen LogP contribution in [0.1, 0.15) is 10.6 Å². The van der Waals surface area contributed by atoms with Crippen molar-refractivity contribution in [2.45, 2.75) is 0 Å². The highest BCUT2D eigenvalue weighted by Gasteiger charge is 2.15. The van der Waals surface area contributed by atoms with E-state index in [0.29, 0.717) is 10.4 Å². The van der Waals surface area contributed by atoms with E-state index in [4.69, 9.17) is 4.42 Å². The number of pyridine rings is 1. The highest BCUT2D eigenvalue weighted by atomic mass is 79.9. The van der Waals surface area contributed by atoms with Crippen molar-refractivity contribution < 1.29 is 9.21 Å². The fourth-order valence-electron chi connectivity index (χ4n) is 2.31. The second-order valence-corrected chi connectivity index (χ2v) is 6.03. The summed E-state index contributed by atoms with van der Waals surface area (Å²) in [6.07, 6.45) is 1.67. The van der Waals surface area contributed by atoms with Crippen molar-refractivity contribution in [2.24, 2.45) is 0 Å². The average Bonchev–Trinajstić information content (AvgIpc) is 2.96. The van der Waals surface area contributed by atoms with Crippen LogP contribution in [0.5, 0.6) is 0 Å². The van der Waals surface area contributed by atoms with Crippen molar-refractivity contribution in [3.8, 4) is 0 Å². The van der Waals surface area contributed by atoms with Crippen molar-refractivity contribution >= 4 is 33.3 Å². The Morgan fingerprint density at radius 1 is 1.23 bits per heavy atom. The number of nitrogens with zero attached hydrogens (tertiary/aromatic N) is 3. The number of aromatic nitrogens is 1. The van der Waals surface area contributed by atoms with E-state index in [2.05, 4.69) is 43.1 Å². The number of furan rings is 1. The van der Waals surface area contributed by atoms with Crippen LogP contribution >= 0.6 is 15.9 Å². The van der Waals surface area contributed by atoms with Gasteiger partial charge in [-0.05, 0) is 47.2 Å². The summed E-state index contributed by atoms with van der Waals surface area (Å²) in [7, 11) is 2.12. The number of amides is 1. The maximum Gasteiger partial charge on any atom is 0.291 e. The molecular formula is C15H17BrN4O2. The molecule has 1 aliphatic rings. The highest BCUT2D eigenvalue weighted by Crippen LogP contribution is 2.18. The number of halogens is 1. The molecule has 0 atom stereocenters. The molecule has 7 heteroatoms. The summed E-state index contributed by atoms with van der Waals surface area (Å²) < 4.78 is 5.75. The molecule has 0 bridgehead atoms. The molecule has 2 aromatic heterocycles. The molecule has 2 aromatic rings. The standard InChI is InChI=1S/C15H17BrN4O2/c1-19-6-8-20(9-7-19)14-5-2-11(10-17-14)18-15(21)12-3-4-13(16)22-12/h2-5,10H,6-9H2,1H3,(H,18,21). The maximum absolute atomic E-state index is 12.0. The number of rotatable bonds is 3. The molecule has 1 fully saturated rings. The van der Waals surface area contributed by atoms with Crippen LogP contribution in [0.15, 0.2) is 39.5 Å². The molecule has 0 unspecified atom stereocenters. The van der Waals surface area contributed by atoms with Gasteiger partial charge in [-0.2, -0.15) is 0 Å². The molecule has 6 nitrogen and oxygen atoms in total. The zero-order valence-electron chi connectivity index (χ0n) is 12.3. The predicted octanol–water partition coefficient (Wildman–Crippen LogP) is 2.44. The van der Waals surface area contributed by atoms with Gasteiger partial charge in [0, 0.05) is 26.2 Å². The topological polar surface area (TPSA) is 61.6 Å². The van der Waals surface area contributed by atoms with Gasteiger partial charge in [0.1, 0.15) is 5.82 Å². The quantitative estimate of drug-likeness (QED) is 0.906. The number of hydrogen-bond donors (Lipinski definition) is 1. The van der Waals surface area contributed by atoms with Crippen molar-refractivity contribution in [1.29, 1.82) is 0 Å². The van der Waals surface area contributed by atoms with E-state index in [1.165, 1.54) is 0 Å². The average molecular weight is 365 g/mol. The second kappa shape index (κ2) is 6.50. The SMILES string of the molecule is CN1CCN(c2ccc(NC(=O)c3ccc(Br)o3)cn2)CC1. The van der Waals surface area contributed by atoms with Gasteiger partial charge >= 0.3 is 0 Å². The molecule has 1 amide bonds. The van der Waals surface area contributed by atoms with Crippen LogP contribution in [0.25, 0.3) is 0 Å². The zero-order chi connectivity index (χ0) is 15.5. The number of carbonyl (C=O) groups is 1. The fourth-order valence-corrected chi connectivity index (χ4v) is 2.62. The summed E-state index contributed by atoms with van der Waals surface area (Å²) in [5, 5.41) is 2.77. The molecule has 0 aromatic carbocycles. The molecule has 0 radical (unpaired) electrons. The lowest BCUT2D eigenvalue weighted by molar-refractivity contribution is 0.0995. The van der Waals surface area contributed by atoms with E-state index < -0.39 is 0 Å². The number of piperazine rings is 1. The Bertz CT molecular complexity index is 648. The summed E-state index contributed by atoms with van der Waals surface area (Å²) in [5.41, 5.74) is 0.649. The molecule has 22 heavy (non-hydrogen) atoms. The van der Waals surface area contributed by atoms with Gasteiger partial charge in [0.25, 0.3) is 5.91 Å². The predicted molar refractivity (Wildman–Crippen MR) is 88.3 cm³/mol. The van der Waals surface area contributed by atoms with E-state index in [9.17, 15) is 4.79 Å². The Morgan fingerprint density at radius 2 is 2.00 bits per heavy atom. The molecule has 0 spiro atoms. The number of carbonyl (C=O) groups excluding carboxylic acids is 1. The van der Waals surface area contributed by atoms with Gasteiger partial charge < -0.3 is 19.5 Å². The van der Waals surface area contributed by atoms with Gasteiger partial charge in [0.15, 0.2) is 10.4 Å². The number of likely N-dealkylation sites (N-methyl/N-ethyl adjacent to an activating group) is 1. The Labute approximate surface area is 137 Å². The normalized spacial score (nSPS) is 15.8. The van der Waals surface area contributed by atoms with Crippen LogP contribution < -0.4 is 10.2 Å². The minimum Gasteiger partial charge on any atom is -0.444 e. The Kier molecular flexibility index (Phi) is 4.44. The van der Waals surface area contributed by atoms with Crippen LogP contribution in [-0.2, 0) is 0 Å². The monoisotopic (exact) mass is 364 g/mol. The summed E-state index contributed by atoms with van der Waals surface area (Å²) in [6.45, 7) is 4.01. The minimum atomic E-state index is -0.292. The summed E-state index contributed by atoms with van der Waals surface area (Å²) >= 11 is 3.18. The van der Waals surface area contributed by atoms with Gasteiger partial charge in [0.05, 0.1) is 11.9 Å². The van der Waals surface area contributed by atoms with Crippen LogP contribution in [0.2, 0.25) is 0 Å². The molecule has 1 N–H and O–H groups in total. The molecule has 0 saturated carbocycles. The first-order valence-electron chi connectivity index (χ1n) is 7.08. The summed E-state index contributed by atoms with van der Waals surface area (Å²) in [6, 6.07) is 7.09. The summed E-state index contributed by atoms with van der Waals surface area (Å²) in [5.74, 6) is 0.904. The lowest BCUT2D eigenvalue weighted by Crippen LogP contribution is -2.44. The fraction of sp³-hybridized carbons (Fsp3) is 0.333. The van der Waals surface area contributed by atoms with E-state index in [1.807, 2.05) is 12.1 Å². The van der Waals surface area contributed by atoms with Crippen molar-refractivity contribution in [3.05, 3.63) is 40.9 Å². The minimum absolute atomic E-state index is 0.259. The van der Waals surface area contributed by atoms with Gasteiger partial charge in [-0.25, -0.2) is 4.98 Å². The molecule has 3 rings (SSSR count). The smallest absolute Gasteiger partial charge is 0.291 e. The third-order valence-electron chi connectivity index (χ3n) is 3.63. The first-order chi connectivity index (χ1) is 10.6. The van der Waals surface area contributed by atoms with Gasteiger partial charge in [-0.1, -0.05) is 0 Å². The third-order valence-corrected chi connectivity index (χ3v) is 4.06. The van der Waals surface area contributed by atoms with Crippen LogP contribution in [0, 0.1) is 0 Å². The molecule has 3 heterocycles. The van der Waals surface area contributed by atoms with E-state index in [-0.39, 0.29) is 11.7 Å². The van der Waals surface area contributed by atoms with Crippen LogP contribution in [0.4, 0.5) is 11.5 Å². The maximum atomic E-state index is 12.0. The van der Waals surface area contributed by atoms with E-state index >= 15 is 0 Å². The largest absolute Gasteiger partial charge is 0.444 e. The Morgan fingerprint density at radius 3 is 2.59 bits per heavy atom. The second-order valence-electron chi connectivity index (χ2n) is 5.25. The first-order valence-corrected chi connectivity index (χ1v) is 7.87. The van der Waals surface area contributed by atoms with E-state index in [1.54, 1.807) is 18.3 Å². The van der Waals surface area contributed by atoms with Gasteiger partial charge in [0.2, 0.25) is 0 Å². The first kappa shape index (κ1) is 15.1. The Balaban J connectivity index is 1.63. The van der Waals surface area contributed by atoms with Gasteiger partial charge in [-0.3, -0.25) is 4.79 Å². The van der Waals surface area contributed by atoms with Crippen LogP contribution in [0.3, 0.4) is 0 Å². The number of nitrogens with one attached hydrogen (secondary N) is 1. The number of anilines is 2. The number of hydrogen-bond acceptors (Lipinski definition) is 5. The lowest BCUT2D eigenvalue weighted by Gasteiger charge is -2.33. The zero-order valence-corrected chi connectivity index (χ0v) is 13.8. The molecular weight excluding hydrogens is 348 g/mol. The highest BCUT2D eigenvalue weighted by molar-refractivity contribution is 9.10.